The fraction of sp³-hybridized carbons (Fsp3) is 0.500. The Hall–Kier alpha value is -1.32. The van der Waals surface area contributed by atoms with Crippen molar-refractivity contribution in [2.75, 3.05) is 0 Å². The van der Waals surface area contributed by atoms with Gasteiger partial charge in [-0.25, -0.2) is 4.98 Å². The van der Waals surface area contributed by atoms with Gasteiger partial charge in [-0.15, -0.1) is 0 Å². The molecule has 1 heterocycles. The number of nitrogens with zero attached hydrogens (tertiary/aromatic N) is 1. The van der Waals surface area contributed by atoms with Gasteiger partial charge >= 0.3 is 0 Å². The number of hydrogen-bond acceptors (Lipinski definition) is 3. The molecule has 0 fully saturated rings. The molecule has 1 aromatic rings. The molecule has 0 aliphatic carbocycles. The lowest BCUT2D eigenvalue weighted by Gasteiger charge is -1.93. The number of nitrogens with two attached hydrogens (primary N) is 1. The van der Waals surface area contributed by atoms with Crippen LogP contribution >= 0.6 is 0 Å². The monoisotopic (exact) mass is 168 g/mol. The van der Waals surface area contributed by atoms with E-state index in [0.717, 1.165) is 0 Å². The van der Waals surface area contributed by atoms with E-state index in [1.165, 1.54) is 0 Å². The summed E-state index contributed by atoms with van der Waals surface area (Å²) in [5, 5.41) is 0. The van der Waals surface area contributed by atoms with Crippen molar-refractivity contribution >= 4 is 5.91 Å². The molecule has 1 aromatic heterocycles. The SMILES string of the molecule is Cc1oc(C(C)C)nc1C(N)=O. The molecule has 1 amide bonds. The first-order chi connectivity index (χ1) is 5.52. The smallest absolute Gasteiger partial charge is 0.270 e. The minimum Gasteiger partial charge on any atom is -0.445 e. The summed E-state index contributed by atoms with van der Waals surface area (Å²) in [4.78, 5) is 14.7. The Balaban J connectivity index is 3.09. The zero-order chi connectivity index (χ0) is 9.30. The van der Waals surface area contributed by atoms with E-state index in [2.05, 4.69) is 4.98 Å². The van der Waals surface area contributed by atoms with E-state index < -0.39 is 5.91 Å². The van der Waals surface area contributed by atoms with Crippen LogP contribution in [-0.4, -0.2) is 10.9 Å². The first-order valence-corrected chi connectivity index (χ1v) is 3.79. The zero-order valence-corrected chi connectivity index (χ0v) is 7.42. The van der Waals surface area contributed by atoms with Gasteiger partial charge < -0.3 is 10.2 Å². The summed E-state index contributed by atoms with van der Waals surface area (Å²) >= 11 is 0. The van der Waals surface area contributed by atoms with Gasteiger partial charge in [0.25, 0.3) is 5.91 Å². The van der Waals surface area contributed by atoms with Crippen LogP contribution < -0.4 is 5.73 Å². The quantitative estimate of drug-likeness (QED) is 0.721. The van der Waals surface area contributed by atoms with Crippen molar-refractivity contribution in [3.63, 3.8) is 0 Å². The summed E-state index contributed by atoms with van der Waals surface area (Å²) in [5.74, 6) is 0.687. The average Bonchev–Trinajstić information content (AvgIpc) is 2.30. The van der Waals surface area contributed by atoms with Crippen LogP contribution in [0.3, 0.4) is 0 Å². The van der Waals surface area contributed by atoms with Crippen molar-refractivity contribution in [2.24, 2.45) is 5.73 Å². The fourth-order valence-electron chi connectivity index (χ4n) is 0.892. The van der Waals surface area contributed by atoms with Gasteiger partial charge in [-0.1, -0.05) is 13.8 Å². The van der Waals surface area contributed by atoms with E-state index in [1.807, 2.05) is 13.8 Å². The van der Waals surface area contributed by atoms with Gasteiger partial charge in [0, 0.05) is 5.92 Å². The molecule has 0 aromatic carbocycles. The van der Waals surface area contributed by atoms with Crippen molar-refractivity contribution in [3.05, 3.63) is 17.3 Å². The van der Waals surface area contributed by atoms with E-state index in [9.17, 15) is 4.79 Å². The summed E-state index contributed by atoms with van der Waals surface area (Å²) in [6.45, 7) is 5.56. The Morgan fingerprint density at radius 3 is 2.42 bits per heavy atom. The predicted octanol–water partition coefficient (Wildman–Crippen LogP) is 1.21. The Morgan fingerprint density at radius 2 is 2.17 bits per heavy atom. The van der Waals surface area contributed by atoms with Crippen molar-refractivity contribution < 1.29 is 9.21 Å². The van der Waals surface area contributed by atoms with E-state index in [4.69, 9.17) is 10.2 Å². The lowest BCUT2D eigenvalue weighted by atomic mass is 10.2. The molecule has 0 spiro atoms. The highest BCUT2D eigenvalue weighted by molar-refractivity contribution is 5.91. The third-order valence-corrected chi connectivity index (χ3v) is 1.54. The molecule has 0 atom stereocenters. The molecule has 0 aliphatic heterocycles. The Morgan fingerprint density at radius 1 is 1.58 bits per heavy atom. The van der Waals surface area contributed by atoms with E-state index in [-0.39, 0.29) is 11.6 Å². The maximum absolute atomic E-state index is 10.8. The molecule has 4 heteroatoms. The maximum atomic E-state index is 10.8. The molecule has 4 nitrogen and oxygen atoms in total. The van der Waals surface area contributed by atoms with E-state index in [0.29, 0.717) is 11.7 Å². The molecule has 0 unspecified atom stereocenters. The third-order valence-electron chi connectivity index (χ3n) is 1.54. The molecule has 66 valence electrons. The van der Waals surface area contributed by atoms with Crippen LogP contribution in [0.1, 0.15) is 41.9 Å². The van der Waals surface area contributed by atoms with Crippen LogP contribution in [-0.2, 0) is 0 Å². The highest BCUT2D eigenvalue weighted by atomic mass is 16.4. The lowest BCUT2D eigenvalue weighted by Crippen LogP contribution is -2.12. The number of oxazole rings is 1. The molecule has 0 bridgehead atoms. The second kappa shape index (κ2) is 2.97. The minimum atomic E-state index is -0.539. The number of carbonyl (C=O) groups is 1. The number of rotatable bonds is 2. The van der Waals surface area contributed by atoms with Gasteiger partial charge in [0.2, 0.25) is 0 Å². The Kier molecular flexibility index (Phi) is 2.17. The van der Waals surface area contributed by atoms with Crippen LogP contribution in [0.2, 0.25) is 0 Å². The first kappa shape index (κ1) is 8.77. The minimum absolute atomic E-state index is 0.178. The van der Waals surface area contributed by atoms with E-state index in [1.54, 1.807) is 6.92 Å². The predicted molar refractivity (Wildman–Crippen MR) is 43.8 cm³/mol. The third kappa shape index (κ3) is 1.47. The highest BCUT2D eigenvalue weighted by Crippen LogP contribution is 2.16. The van der Waals surface area contributed by atoms with Gasteiger partial charge in [0.05, 0.1) is 0 Å². The van der Waals surface area contributed by atoms with E-state index >= 15 is 0 Å². The van der Waals surface area contributed by atoms with Crippen molar-refractivity contribution in [3.8, 4) is 0 Å². The van der Waals surface area contributed by atoms with Gasteiger partial charge in [0.1, 0.15) is 5.76 Å². The number of amides is 1. The lowest BCUT2D eigenvalue weighted by molar-refractivity contribution is 0.0994. The molecule has 0 saturated carbocycles. The van der Waals surface area contributed by atoms with Crippen LogP contribution in [0, 0.1) is 6.92 Å². The number of aryl methyl sites for hydroxylation is 1. The van der Waals surface area contributed by atoms with Gasteiger partial charge in [-0.2, -0.15) is 0 Å². The van der Waals surface area contributed by atoms with Crippen molar-refractivity contribution in [1.29, 1.82) is 0 Å². The molecule has 12 heavy (non-hydrogen) atoms. The summed E-state index contributed by atoms with van der Waals surface area (Å²) in [7, 11) is 0. The maximum Gasteiger partial charge on any atom is 0.270 e. The molecule has 1 rings (SSSR count). The largest absolute Gasteiger partial charge is 0.445 e. The number of hydrogen-bond donors (Lipinski definition) is 1. The molecular weight excluding hydrogens is 156 g/mol. The summed E-state index contributed by atoms with van der Waals surface area (Å²) < 4.78 is 5.23. The van der Waals surface area contributed by atoms with Crippen LogP contribution in [0.25, 0.3) is 0 Å². The number of aromatic nitrogens is 1. The molecule has 0 radical (unpaired) electrons. The second-order valence-electron chi connectivity index (χ2n) is 2.98. The van der Waals surface area contributed by atoms with Crippen LogP contribution in [0.5, 0.6) is 0 Å². The highest BCUT2D eigenvalue weighted by Gasteiger charge is 2.15. The standard InChI is InChI=1S/C8H12N2O2/c1-4(2)8-10-6(7(9)11)5(3)12-8/h4H,1-3H3,(H2,9,11). The fourth-order valence-corrected chi connectivity index (χ4v) is 0.892. The molecule has 0 aliphatic rings. The average molecular weight is 168 g/mol. The van der Waals surface area contributed by atoms with Crippen LogP contribution in [0.4, 0.5) is 0 Å². The first-order valence-electron chi connectivity index (χ1n) is 3.79. The van der Waals surface area contributed by atoms with Gasteiger partial charge in [-0.05, 0) is 6.92 Å². The summed E-state index contributed by atoms with van der Waals surface area (Å²) in [6.07, 6.45) is 0. The second-order valence-corrected chi connectivity index (χ2v) is 2.98. The molecule has 2 N–H and O–H groups in total. The summed E-state index contributed by atoms with van der Waals surface area (Å²) in [6, 6.07) is 0. The molecule has 0 saturated heterocycles. The normalized spacial score (nSPS) is 10.7. The number of carbonyl (C=O) groups excluding carboxylic acids is 1. The Labute approximate surface area is 70.8 Å². The van der Waals surface area contributed by atoms with Gasteiger partial charge in [-0.3, -0.25) is 4.79 Å². The van der Waals surface area contributed by atoms with Crippen molar-refractivity contribution in [1.82, 2.24) is 4.98 Å². The zero-order valence-electron chi connectivity index (χ0n) is 7.42. The van der Waals surface area contributed by atoms with Crippen LogP contribution in [0.15, 0.2) is 4.42 Å². The Bertz CT molecular complexity index is 302. The van der Waals surface area contributed by atoms with Crippen molar-refractivity contribution in [2.45, 2.75) is 26.7 Å². The summed E-state index contributed by atoms with van der Waals surface area (Å²) in [5.41, 5.74) is 5.30. The van der Waals surface area contributed by atoms with Gasteiger partial charge in [0.15, 0.2) is 11.6 Å². The number of primary amides is 1. The molecular formula is C8H12N2O2. The topological polar surface area (TPSA) is 69.1 Å².